The number of nitriles is 1. The first-order valence-corrected chi connectivity index (χ1v) is 10.8. The van der Waals surface area contributed by atoms with E-state index < -0.39 is 7.26 Å². The molecular formula is C23H23BrNP. The predicted molar refractivity (Wildman–Crippen MR) is 109 cm³/mol. The summed E-state index contributed by atoms with van der Waals surface area (Å²) in [7, 11) is -1.70. The highest BCUT2D eigenvalue weighted by Crippen LogP contribution is 2.55. The number of halogens is 1. The van der Waals surface area contributed by atoms with Gasteiger partial charge in [0.05, 0.1) is 12.2 Å². The molecule has 0 radical (unpaired) electrons. The van der Waals surface area contributed by atoms with E-state index in [-0.39, 0.29) is 17.0 Å². The summed E-state index contributed by atoms with van der Waals surface area (Å²) < 4.78 is 0. The van der Waals surface area contributed by atoms with Gasteiger partial charge in [-0.2, -0.15) is 5.26 Å². The Bertz CT molecular complexity index is 716. The summed E-state index contributed by atoms with van der Waals surface area (Å²) >= 11 is 0. The normalized spacial score (nSPS) is 10.6. The van der Waals surface area contributed by atoms with Gasteiger partial charge in [0.2, 0.25) is 0 Å². The van der Waals surface area contributed by atoms with Gasteiger partial charge < -0.3 is 17.0 Å². The van der Waals surface area contributed by atoms with Crippen molar-refractivity contribution in [2.24, 2.45) is 0 Å². The van der Waals surface area contributed by atoms with Crippen LogP contribution in [0.5, 0.6) is 0 Å². The van der Waals surface area contributed by atoms with E-state index in [1.54, 1.807) is 0 Å². The van der Waals surface area contributed by atoms with Crippen molar-refractivity contribution in [2.45, 2.75) is 19.3 Å². The van der Waals surface area contributed by atoms with Gasteiger partial charge in [-0.3, -0.25) is 0 Å². The first-order valence-electron chi connectivity index (χ1n) is 8.80. The highest BCUT2D eigenvalue weighted by molar-refractivity contribution is 7.95. The van der Waals surface area contributed by atoms with Crippen LogP contribution in [0.2, 0.25) is 0 Å². The summed E-state index contributed by atoms with van der Waals surface area (Å²) in [5.41, 5.74) is 0. The zero-order valence-electron chi connectivity index (χ0n) is 14.8. The first kappa shape index (κ1) is 20.4. The van der Waals surface area contributed by atoms with Gasteiger partial charge in [-0.1, -0.05) is 54.6 Å². The van der Waals surface area contributed by atoms with E-state index in [4.69, 9.17) is 5.26 Å². The van der Waals surface area contributed by atoms with Crippen molar-refractivity contribution in [1.29, 1.82) is 5.26 Å². The van der Waals surface area contributed by atoms with Gasteiger partial charge in [0.15, 0.2) is 0 Å². The summed E-state index contributed by atoms with van der Waals surface area (Å²) in [6.07, 6.45) is 3.77. The lowest BCUT2D eigenvalue weighted by atomic mass is 10.3. The fourth-order valence-electron chi connectivity index (χ4n) is 3.43. The van der Waals surface area contributed by atoms with Crippen molar-refractivity contribution >= 4 is 23.2 Å². The first-order chi connectivity index (χ1) is 12.4. The summed E-state index contributed by atoms with van der Waals surface area (Å²) in [5.74, 6) is 0. The lowest BCUT2D eigenvalue weighted by molar-refractivity contribution is -0.00000515. The van der Waals surface area contributed by atoms with Crippen LogP contribution in [0.25, 0.3) is 0 Å². The Morgan fingerprint density at radius 1 is 0.615 bits per heavy atom. The second kappa shape index (κ2) is 10.3. The Morgan fingerprint density at radius 2 is 1.00 bits per heavy atom. The molecule has 0 atom stereocenters. The van der Waals surface area contributed by atoms with E-state index in [9.17, 15) is 0 Å². The van der Waals surface area contributed by atoms with Crippen molar-refractivity contribution in [2.75, 3.05) is 6.16 Å². The zero-order chi connectivity index (χ0) is 17.4. The van der Waals surface area contributed by atoms with Gasteiger partial charge in [-0.15, -0.1) is 0 Å². The van der Waals surface area contributed by atoms with Crippen LogP contribution in [0.4, 0.5) is 0 Å². The number of rotatable bonds is 7. The number of hydrogen-bond acceptors (Lipinski definition) is 1. The maximum absolute atomic E-state index is 8.91. The molecule has 0 aliphatic heterocycles. The molecule has 3 aromatic carbocycles. The van der Waals surface area contributed by atoms with E-state index in [1.165, 1.54) is 15.9 Å². The van der Waals surface area contributed by atoms with E-state index in [2.05, 4.69) is 97.1 Å². The van der Waals surface area contributed by atoms with E-state index >= 15 is 0 Å². The molecule has 0 aromatic heterocycles. The van der Waals surface area contributed by atoms with Gasteiger partial charge in [0.25, 0.3) is 0 Å². The molecule has 0 saturated carbocycles. The standard InChI is InChI=1S/C23H23NP.BrH/c24-19-11-4-12-20-25(21-13-5-1-6-14-21,22-15-7-2-8-16-22)23-17-9-3-10-18-23;/h1-3,5-10,13-18H,4,11-12,20H2;1H/q+1;/p-1. The fourth-order valence-corrected chi connectivity index (χ4v) is 7.85. The molecule has 1 nitrogen and oxygen atoms in total. The quantitative estimate of drug-likeness (QED) is 0.418. The molecule has 3 heteroatoms. The molecule has 3 aromatic rings. The minimum Gasteiger partial charge on any atom is -1.00 e. The summed E-state index contributed by atoms with van der Waals surface area (Å²) in [5, 5.41) is 13.2. The molecule has 0 heterocycles. The third-order valence-corrected chi connectivity index (χ3v) is 9.15. The SMILES string of the molecule is N#CCCCC[P+](c1ccccc1)(c1ccccc1)c1ccccc1.[Br-]. The Morgan fingerprint density at radius 3 is 1.35 bits per heavy atom. The molecule has 0 saturated heterocycles. The molecule has 0 spiro atoms. The largest absolute Gasteiger partial charge is 1.00 e. The van der Waals surface area contributed by atoms with E-state index in [1.807, 2.05) is 0 Å². The van der Waals surface area contributed by atoms with Crippen LogP contribution >= 0.6 is 7.26 Å². The summed E-state index contributed by atoms with van der Waals surface area (Å²) in [6.45, 7) is 0. The average molecular weight is 424 g/mol. The maximum atomic E-state index is 8.91. The Kier molecular flexibility index (Phi) is 8.05. The van der Waals surface area contributed by atoms with Crippen LogP contribution in [0, 0.1) is 11.3 Å². The molecular weight excluding hydrogens is 401 g/mol. The fraction of sp³-hybridized carbons (Fsp3) is 0.174. The van der Waals surface area contributed by atoms with Crippen LogP contribution in [-0.2, 0) is 0 Å². The maximum Gasteiger partial charge on any atom is 0.112 e. The second-order valence-electron chi connectivity index (χ2n) is 6.16. The van der Waals surface area contributed by atoms with Crippen molar-refractivity contribution < 1.29 is 17.0 Å². The van der Waals surface area contributed by atoms with Gasteiger partial charge in [0, 0.05) is 6.42 Å². The number of benzene rings is 3. The average Bonchev–Trinajstić information content (AvgIpc) is 2.70. The van der Waals surface area contributed by atoms with Crippen LogP contribution < -0.4 is 32.9 Å². The smallest absolute Gasteiger partial charge is 0.112 e. The zero-order valence-corrected chi connectivity index (χ0v) is 17.2. The molecule has 26 heavy (non-hydrogen) atoms. The molecule has 0 amide bonds. The third kappa shape index (κ3) is 4.42. The highest BCUT2D eigenvalue weighted by Gasteiger charge is 2.44. The Hall–Kier alpha value is -1.94. The van der Waals surface area contributed by atoms with Crippen LogP contribution in [0.3, 0.4) is 0 Å². The summed E-state index contributed by atoms with van der Waals surface area (Å²) in [4.78, 5) is 0. The number of nitrogens with zero attached hydrogens (tertiary/aromatic N) is 1. The molecule has 0 bridgehead atoms. The molecule has 0 unspecified atom stereocenters. The molecule has 0 aliphatic rings. The van der Waals surface area contributed by atoms with E-state index in [0.29, 0.717) is 6.42 Å². The predicted octanol–water partition coefficient (Wildman–Crippen LogP) is 1.68. The summed E-state index contributed by atoms with van der Waals surface area (Å²) in [6, 6.07) is 35.1. The van der Waals surface area contributed by atoms with Crippen molar-refractivity contribution in [3.05, 3.63) is 91.0 Å². The van der Waals surface area contributed by atoms with Crippen LogP contribution in [0.1, 0.15) is 19.3 Å². The highest BCUT2D eigenvalue weighted by atomic mass is 79.9. The monoisotopic (exact) mass is 423 g/mol. The Labute approximate surface area is 167 Å². The molecule has 0 aliphatic carbocycles. The van der Waals surface area contributed by atoms with Gasteiger partial charge in [-0.05, 0) is 49.2 Å². The van der Waals surface area contributed by atoms with Crippen LogP contribution in [-0.4, -0.2) is 6.16 Å². The lowest BCUT2D eigenvalue weighted by Crippen LogP contribution is -3.00. The van der Waals surface area contributed by atoms with Crippen molar-refractivity contribution in [1.82, 2.24) is 0 Å². The molecule has 0 N–H and O–H groups in total. The molecule has 132 valence electrons. The second-order valence-corrected chi connectivity index (χ2v) is 9.77. The van der Waals surface area contributed by atoms with E-state index in [0.717, 1.165) is 19.0 Å². The molecule has 0 fully saturated rings. The third-order valence-electron chi connectivity index (χ3n) is 4.62. The van der Waals surface area contributed by atoms with Gasteiger partial charge >= 0.3 is 0 Å². The minimum atomic E-state index is -1.70. The topological polar surface area (TPSA) is 23.8 Å². The van der Waals surface area contributed by atoms with Crippen molar-refractivity contribution in [3.8, 4) is 6.07 Å². The van der Waals surface area contributed by atoms with Crippen molar-refractivity contribution in [3.63, 3.8) is 0 Å². The lowest BCUT2D eigenvalue weighted by Gasteiger charge is -2.27. The van der Waals surface area contributed by atoms with Gasteiger partial charge in [-0.25, -0.2) is 0 Å². The number of unbranched alkanes of at least 4 members (excludes halogenated alkanes) is 2. The minimum absolute atomic E-state index is 0. The van der Waals surface area contributed by atoms with Gasteiger partial charge in [0.1, 0.15) is 23.2 Å². The Balaban J connectivity index is 0.00000243. The molecule has 3 rings (SSSR count). The number of hydrogen-bond donors (Lipinski definition) is 0. The van der Waals surface area contributed by atoms with Crippen LogP contribution in [0.15, 0.2) is 91.0 Å².